The molecule has 1 aromatic heterocycles. The molecule has 0 bridgehead atoms. The largest absolute Gasteiger partial charge is 0.455 e. The summed E-state index contributed by atoms with van der Waals surface area (Å²) < 4.78 is 11.3. The Morgan fingerprint density at radius 2 is 1.97 bits per heavy atom. The summed E-state index contributed by atoms with van der Waals surface area (Å²) in [6.45, 7) is 4.82. The Labute approximate surface area is 192 Å². The molecule has 0 amide bonds. The Morgan fingerprint density at radius 3 is 2.72 bits per heavy atom. The molecule has 2 fully saturated rings. The van der Waals surface area contributed by atoms with Gasteiger partial charge < -0.3 is 19.3 Å². The van der Waals surface area contributed by atoms with Crippen molar-refractivity contribution in [3.8, 4) is 0 Å². The van der Waals surface area contributed by atoms with Gasteiger partial charge in [0.2, 0.25) is 10.8 Å². The van der Waals surface area contributed by atoms with E-state index in [9.17, 15) is 4.79 Å². The molecule has 32 heavy (non-hydrogen) atoms. The first kappa shape index (κ1) is 21.5. The van der Waals surface area contributed by atoms with Gasteiger partial charge in [0.25, 0.3) is 0 Å². The standard InChI is InChI=1S/C24H31N4O3S/c1-16-6-4-5-7-19(16)23(29)31-18-14-28(15-18)24-25-20-10-13-32(3)21(20)22(26-24)27(2)17-8-11-30-12-9-17/h4-7,17-18H,8-15H2,1-3H3/q+1. The average molecular weight is 456 g/mol. The third kappa shape index (κ3) is 4.06. The van der Waals surface area contributed by atoms with Crippen LogP contribution in [0.5, 0.6) is 0 Å². The van der Waals surface area contributed by atoms with Gasteiger partial charge in [-0.3, -0.25) is 0 Å². The molecule has 1 unspecified atom stereocenters. The molecule has 1 atom stereocenters. The molecule has 0 radical (unpaired) electrons. The highest BCUT2D eigenvalue weighted by molar-refractivity contribution is 7.96. The van der Waals surface area contributed by atoms with Gasteiger partial charge in [-0.25, -0.2) is 9.78 Å². The molecule has 0 N–H and O–H groups in total. The quantitative estimate of drug-likeness (QED) is 0.507. The molecule has 3 aliphatic heterocycles. The summed E-state index contributed by atoms with van der Waals surface area (Å²) in [5.74, 6) is 2.75. The summed E-state index contributed by atoms with van der Waals surface area (Å²) >= 11 is 0. The second-order valence-corrected chi connectivity index (χ2v) is 11.0. The van der Waals surface area contributed by atoms with Crippen molar-refractivity contribution in [1.82, 2.24) is 9.97 Å². The summed E-state index contributed by atoms with van der Waals surface area (Å²) in [6.07, 6.45) is 5.25. The minimum atomic E-state index is -0.252. The molecule has 8 heteroatoms. The number of aromatic nitrogens is 2. The number of ether oxygens (including phenoxy) is 2. The van der Waals surface area contributed by atoms with Crippen LogP contribution in [0.2, 0.25) is 0 Å². The predicted molar refractivity (Wildman–Crippen MR) is 127 cm³/mol. The zero-order valence-electron chi connectivity index (χ0n) is 19.0. The van der Waals surface area contributed by atoms with Crippen molar-refractivity contribution in [3.05, 3.63) is 41.1 Å². The van der Waals surface area contributed by atoms with E-state index < -0.39 is 0 Å². The molecule has 170 valence electrons. The van der Waals surface area contributed by atoms with Crippen molar-refractivity contribution in [2.45, 2.75) is 43.2 Å². The van der Waals surface area contributed by atoms with Crippen molar-refractivity contribution in [2.75, 3.05) is 55.2 Å². The van der Waals surface area contributed by atoms with Crippen LogP contribution in [0.4, 0.5) is 11.8 Å². The lowest BCUT2D eigenvalue weighted by Crippen LogP contribution is -2.54. The van der Waals surface area contributed by atoms with E-state index in [1.54, 1.807) is 0 Å². The van der Waals surface area contributed by atoms with Crippen LogP contribution in [-0.2, 0) is 26.8 Å². The van der Waals surface area contributed by atoms with E-state index in [0.29, 0.717) is 24.7 Å². The molecule has 0 spiro atoms. The number of benzene rings is 1. The molecular weight excluding hydrogens is 424 g/mol. The average Bonchev–Trinajstić information content (AvgIpc) is 3.16. The van der Waals surface area contributed by atoms with Crippen LogP contribution in [0.3, 0.4) is 0 Å². The van der Waals surface area contributed by atoms with Crippen LogP contribution < -0.4 is 9.80 Å². The number of nitrogens with zero attached hydrogens (tertiary/aromatic N) is 4. The summed E-state index contributed by atoms with van der Waals surface area (Å²) in [4.78, 5) is 28.3. The maximum atomic E-state index is 12.5. The second kappa shape index (κ2) is 8.90. The molecule has 2 saturated heterocycles. The fourth-order valence-electron chi connectivity index (χ4n) is 4.67. The SMILES string of the molecule is Cc1ccccc1C(=O)OC1CN(c2nc3c(c(N(C)C4CCOCC4)n2)[S+](C)CC3)C1. The summed E-state index contributed by atoms with van der Waals surface area (Å²) in [5.41, 5.74) is 2.76. The summed E-state index contributed by atoms with van der Waals surface area (Å²) in [7, 11) is 2.35. The Bertz CT molecular complexity index is 1000. The van der Waals surface area contributed by atoms with Gasteiger partial charge >= 0.3 is 5.97 Å². The highest BCUT2D eigenvalue weighted by Gasteiger charge is 2.40. The molecule has 4 heterocycles. The first-order chi connectivity index (χ1) is 15.5. The maximum absolute atomic E-state index is 12.5. The second-order valence-electron chi connectivity index (χ2n) is 8.92. The van der Waals surface area contributed by atoms with Crippen LogP contribution in [0.25, 0.3) is 0 Å². The normalized spacial score (nSPS) is 21.2. The molecule has 7 nitrogen and oxygen atoms in total. The van der Waals surface area contributed by atoms with Crippen LogP contribution >= 0.6 is 0 Å². The zero-order valence-corrected chi connectivity index (χ0v) is 19.9. The van der Waals surface area contributed by atoms with E-state index in [2.05, 4.69) is 23.1 Å². The molecule has 5 rings (SSSR count). The van der Waals surface area contributed by atoms with E-state index in [1.807, 2.05) is 31.2 Å². The van der Waals surface area contributed by atoms with Gasteiger partial charge in [0.1, 0.15) is 23.8 Å². The lowest BCUT2D eigenvalue weighted by Gasteiger charge is -2.39. The van der Waals surface area contributed by atoms with Gasteiger partial charge in [0, 0.05) is 43.6 Å². The fourth-order valence-corrected chi connectivity index (χ4v) is 6.42. The number of fused-ring (bicyclic) bond motifs is 1. The Kier molecular flexibility index (Phi) is 5.99. The van der Waals surface area contributed by atoms with Crippen LogP contribution in [-0.4, -0.2) is 73.4 Å². The third-order valence-corrected chi connectivity index (χ3v) is 8.67. The summed E-state index contributed by atoms with van der Waals surface area (Å²) in [6, 6.07) is 8.00. The number of esters is 1. The van der Waals surface area contributed by atoms with E-state index in [1.165, 1.54) is 10.6 Å². The lowest BCUT2D eigenvalue weighted by atomic mass is 10.1. The maximum Gasteiger partial charge on any atom is 0.338 e. The molecule has 0 aliphatic carbocycles. The number of anilines is 2. The first-order valence-corrected chi connectivity index (χ1v) is 13.2. The van der Waals surface area contributed by atoms with Crippen molar-refractivity contribution < 1.29 is 14.3 Å². The molecule has 0 saturated carbocycles. The molecule has 1 aromatic carbocycles. The van der Waals surface area contributed by atoms with Crippen LogP contribution in [0.1, 0.15) is 34.5 Å². The van der Waals surface area contributed by atoms with Gasteiger partial charge in [0.05, 0.1) is 18.7 Å². The van der Waals surface area contributed by atoms with E-state index in [4.69, 9.17) is 19.4 Å². The van der Waals surface area contributed by atoms with Crippen LogP contribution in [0.15, 0.2) is 29.2 Å². The molecular formula is C24H31N4O3S+. The molecule has 2 aromatic rings. The smallest absolute Gasteiger partial charge is 0.338 e. The number of aryl methyl sites for hydroxylation is 2. The molecule has 3 aliphatic rings. The monoisotopic (exact) mass is 455 g/mol. The highest BCUT2D eigenvalue weighted by Crippen LogP contribution is 2.36. The minimum absolute atomic E-state index is 0.128. The summed E-state index contributed by atoms with van der Waals surface area (Å²) in [5, 5.41) is 0. The topological polar surface area (TPSA) is 67.8 Å². The fraction of sp³-hybridized carbons (Fsp3) is 0.542. The van der Waals surface area contributed by atoms with Gasteiger partial charge in [-0.2, -0.15) is 4.98 Å². The number of rotatable bonds is 5. The van der Waals surface area contributed by atoms with Gasteiger partial charge in [-0.05, 0) is 31.4 Å². The zero-order chi connectivity index (χ0) is 22.2. The Hall–Kier alpha value is -2.32. The Balaban J connectivity index is 1.31. The van der Waals surface area contributed by atoms with Crippen molar-refractivity contribution in [3.63, 3.8) is 0 Å². The van der Waals surface area contributed by atoms with Crippen molar-refractivity contribution in [1.29, 1.82) is 0 Å². The Morgan fingerprint density at radius 1 is 1.22 bits per heavy atom. The lowest BCUT2D eigenvalue weighted by molar-refractivity contribution is 0.0230. The number of carbonyl (C=O) groups is 1. The number of hydrogen-bond acceptors (Lipinski definition) is 7. The van der Waals surface area contributed by atoms with Crippen molar-refractivity contribution >= 4 is 28.6 Å². The van der Waals surface area contributed by atoms with E-state index >= 15 is 0 Å². The van der Waals surface area contributed by atoms with Gasteiger partial charge in [-0.1, -0.05) is 18.2 Å². The van der Waals surface area contributed by atoms with Gasteiger partial charge in [0.15, 0.2) is 5.82 Å². The van der Waals surface area contributed by atoms with Crippen LogP contribution in [0, 0.1) is 6.92 Å². The number of carbonyl (C=O) groups excluding carboxylic acids is 1. The van der Waals surface area contributed by atoms with E-state index in [-0.39, 0.29) is 23.0 Å². The number of hydrogen-bond donors (Lipinski definition) is 0. The minimum Gasteiger partial charge on any atom is -0.455 e. The van der Waals surface area contributed by atoms with Gasteiger partial charge in [-0.15, -0.1) is 0 Å². The first-order valence-electron chi connectivity index (χ1n) is 11.4. The van der Waals surface area contributed by atoms with Crippen molar-refractivity contribution in [2.24, 2.45) is 0 Å². The van der Waals surface area contributed by atoms with E-state index in [0.717, 1.165) is 55.6 Å². The predicted octanol–water partition coefficient (Wildman–Crippen LogP) is 2.61. The third-order valence-electron chi connectivity index (χ3n) is 6.74. The highest BCUT2D eigenvalue weighted by atomic mass is 32.2.